The molecule has 0 atom stereocenters. The molecule has 1 aliphatic heterocycles. The Labute approximate surface area is 103 Å². The Morgan fingerprint density at radius 1 is 1.43 bits per heavy atom. The van der Waals surface area contributed by atoms with E-state index in [2.05, 4.69) is 5.10 Å². The van der Waals surface area contributed by atoms with E-state index in [1.54, 1.807) is 18.2 Å². The number of hydrogen-bond donors (Lipinski definition) is 3. The van der Waals surface area contributed by atoms with Crippen LogP contribution in [0.15, 0.2) is 29.2 Å². The van der Waals surface area contributed by atoms with Crippen LogP contribution >= 0.6 is 0 Å². The molecule has 1 aliphatic carbocycles. The summed E-state index contributed by atoms with van der Waals surface area (Å²) in [7, 11) is 0. The Balaban J connectivity index is 0.000000980. The third kappa shape index (κ3) is 1.75. The van der Waals surface area contributed by atoms with Gasteiger partial charge in [0.25, 0.3) is 5.56 Å². The average molecular weight is 201 g/mol. The third-order valence-corrected chi connectivity index (χ3v) is 1.82. The van der Waals surface area contributed by atoms with E-state index in [4.69, 9.17) is 10.6 Å². The Bertz CT molecular complexity index is 536. The molecule has 0 saturated carbocycles. The summed E-state index contributed by atoms with van der Waals surface area (Å²) in [5, 5.41) is 18.9. The van der Waals surface area contributed by atoms with Gasteiger partial charge < -0.3 is 12.0 Å². The van der Waals surface area contributed by atoms with Crippen LogP contribution in [0.2, 0.25) is 0 Å². The molecule has 0 radical (unpaired) electrons. The standard InChI is InChI=1S/C8H7N3O2.Na.H/c9-7-3-1-2-5-6(7)4-11(13)10-8(5)12;;/h1-4,9,13H,(H,10,12);;/q;+1;-1. The molecular weight excluding hydrogens is 193 g/mol. The number of rotatable bonds is 0. The second kappa shape index (κ2) is 4.00. The van der Waals surface area contributed by atoms with E-state index in [1.165, 1.54) is 6.20 Å². The molecule has 0 aromatic heterocycles. The number of H-pyrrole nitrogens is 1. The first-order valence-corrected chi connectivity index (χ1v) is 3.67. The molecule has 68 valence electrons. The maximum Gasteiger partial charge on any atom is 1.00 e. The van der Waals surface area contributed by atoms with Crippen molar-refractivity contribution in [3.63, 3.8) is 0 Å². The topological polar surface area (TPSA) is 81.9 Å². The Kier molecular flexibility index (Phi) is 3.15. The minimum absolute atomic E-state index is 0. The summed E-state index contributed by atoms with van der Waals surface area (Å²) >= 11 is 0. The van der Waals surface area contributed by atoms with E-state index >= 15 is 0 Å². The van der Waals surface area contributed by atoms with Crippen LogP contribution in [-0.4, -0.2) is 15.2 Å². The van der Waals surface area contributed by atoms with Crippen molar-refractivity contribution in [2.75, 3.05) is 0 Å². The van der Waals surface area contributed by atoms with Crippen molar-refractivity contribution in [1.82, 2.24) is 9.94 Å². The maximum absolute atomic E-state index is 11.2. The fourth-order valence-corrected chi connectivity index (χ4v) is 1.22. The van der Waals surface area contributed by atoms with Crippen LogP contribution in [0, 0.1) is 5.41 Å². The summed E-state index contributed by atoms with van der Waals surface area (Å²) in [4.78, 5) is 11.8. The SMILES string of the molecule is N=c1cccc2c(=O)[nH]n(O)cc1-2.[H-].[Na+]. The summed E-state index contributed by atoms with van der Waals surface area (Å²) in [6, 6.07) is 4.79. The van der Waals surface area contributed by atoms with E-state index in [0.717, 1.165) is 0 Å². The number of nitrogens with one attached hydrogen (secondary N) is 2. The molecule has 3 N–H and O–H groups in total. The van der Waals surface area contributed by atoms with Crippen molar-refractivity contribution in [3.8, 4) is 11.1 Å². The predicted molar refractivity (Wildman–Crippen MR) is 45.8 cm³/mol. The smallest absolute Gasteiger partial charge is 1.00 e. The minimum Gasteiger partial charge on any atom is -1.00 e. The van der Waals surface area contributed by atoms with Crippen molar-refractivity contribution in [1.29, 1.82) is 5.41 Å². The zero-order valence-electron chi connectivity index (χ0n) is 8.61. The number of nitrogens with zero attached hydrogens (tertiary/aromatic N) is 1. The van der Waals surface area contributed by atoms with Gasteiger partial charge in [0.1, 0.15) is 0 Å². The molecule has 1 heterocycles. The number of fused-ring (bicyclic) bond motifs is 1. The molecule has 0 bridgehead atoms. The summed E-state index contributed by atoms with van der Waals surface area (Å²) in [6.07, 6.45) is 1.29. The fourth-order valence-electron chi connectivity index (χ4n) is 1.22. The minimum atomic E-state index is -0.408. The van der Waals surface area contributed by atoms with Crippen molar-refractivity contribution in [2.45, 2.75) is 0 Å². The van der Waals surface area contributed by atoms with Crippen LogP contribution < -0.4 is 40.5 Å². The van der Waals surface area contributed by atoms with Crippen LogP contribution in [0.5, 0.6) is 0 Å². The summed E-state index contributed by atoms with van der Waals surface area (Å²) < 4.78 is 0. The van der Waals surface area contributed by atoms with Crippen molar-refractivity contribution in [3.05, 3.63) is 40.1 Å². The van der Waals surface area contributed by atoms with Crippen LogP contribution in [0.25, 0.3) is 11.1 Å². The monoisotopic (exact) mass is 201 g/mol. The van der Waals surface area contributed by atoms with Gasteiger partial charge in [0.05, 0.1) is 17.1 Å². The predicted octanol–water partition coefficient (Wildman–Crippen LogP) is -2.89. The average Bonchev–Trinajstić information content (AvgIpc) is 2.07. The summed E-state index contributed by atoms with van der Waals surface area (Å²) in [5.41, 5.74) is 0.417. The normalized spacial score (nSPS) is 9.71. The van der Waals surface area contributed by atoms with Gasteiger partial charge in [-0.25, -0.2) is 5.10 Å². The molecule has 0 fully saturated rings. The van der Waals surface area contributed by atoms with E-state index in [1.807, 2.05) is 0 Å². The van der Waals surface area contributed by atoms with Crippen LogP contribution in [0.1, 0.15) is 1.43 Å². The van der Waals surface area contributed by atoms with E-state index in [-0.39, 0.29) is 36.3 Å². The second-order valence-electron chi connectivity index (χ2n) is 2.68. The fraction of sp³-hybridized carbons (Fsp3) is 0. The van der Waals surface area contributed by atoms with Gasteiger partial charge in [-0.05, 0) is 12.1 Å². The van der Waals surface area contributed by atoms with E-state index in [0.29, 0.717) is 16.0 Å². The zero-order valence-corrected chi connectivity index (χ0v) is 9.61. The van der Waals surface area contributed by atoms with Crippen molar-refractivity contribution < 1.29 is 36.2 Å². The molecule has 0 aromatic rings. The molecule has 0 amide bonds. The van der Waals surface area contributed by atoms with E-state index in [9.17, 15) is 4.79 Å². The molecule has 2 rings (SSSR count). The van der Waals surface area contributed by atoms with Gasteiger partial charge >= 0.3 is 29.6 Å². The first-order chi connectivity index (χ1) is 6.18. The molecule has 14 heavy (non-hydrogen) atoms. The largest absolute Gasteiger partial charge is 1.00 e. The number of hydrogen-bond acceptors (Lipinski definition) is 3. The van der Waals surface area contributed by atoms with Crippen LogP contribution in [0.3, 0.4) is 0 Å². The maximum atomic E-state index is 11.2. The molecule has 0 unspecified atom stereocenters. The van der Waals surface area contributed by atoms with Crippen LogP contribution in [-0.2, 0) is 0 Å². The first-order valence-electron chi connectivity index (χ1n) is 3.67. The van der Waals surface area contributed by atoms with Gasteiger partial charge in [-0.3, -0.25) is 4.79 Å². The van der Waals surface area contributed by atoms with Gasteiger partial charge in [-0.2, -0.15) is 0 Å². The van der Waals surface area contributed by atoms with Crippen molar-refractivity contribution in [2.24, 2.45) is 0 Å². The van der Waals surface area contributed by atoms with Gasteiger partial charge in [0.15, 0.2) is 0 Å². The Morgan fingerprint density at radius 3 is 2.86 bits per heavy atom. The molecule has 6 heteroatoms. The van der Waals surface area contributed by atoms with Gasteiger partial charge in [-0.15, -0.1) is 4.85 Å². The van der Waals surface area contributed by atoms with Gasteiger partial charge in [0, 0.05) is 5.56 Å². The molecule has 0 spiro atoms. The van der Waals surface area contributed by atoms with Gasteiger partial charge in [0.2, 0.25) is 0 Å². The van der Waals surface area contributed by atoms with Crippen molar-refractivity contribution >= 4 is 0 Å². The van der Waals surface area contributed by atoms with Crippen LogP contribution in [0.4, 0.5) is 0 Å². The molecule has 0 aromatic carbocycles. The van der Waals surface area contributed by atoms with Gasteiger partial charge in [-0.1, -0.05) is 6.07 Å². The molecule has 2 aliphatic rings. The molecule has 0 saturated heterocycles. The molecular formula is C8H8N3NaO2. The Morgan fingerprint density at radius 2 is 2.14 bits per heavy atom. The van der Waals surface area contributed by atoms with E-state index < -0.39 is 5.56 Å². The second-order valence-corrected chi connectivity index (χ2v) is 2.68. The summed E-state index contributed by atoms with van der Waals surface area (Å²) in [6.45, 7) is 0. The quantitative estimate of drug-likeness (QED) is 0.316. The number of benzene rings is 1. The summed E-state index contributed by atoms with van der Waals surface area (Å²) in [5.74, 6) is 0. The first kappa shape index (κ1) is 11.0. The third-order valence-electron chi connectivity index (χ3n) is 1.82. The molecule has 5 nitrogen and oxygen atoms in total. The zero-order chi connectivity index (χ0) is 9.42. The Hall–Kier alpha value is -1.04. The number of aromatic amines is 1. The number of aromatic nitrogens is 2.